The average molecular weight is 334 g/mol. The number of aromatic amines is 1. The summed E-state index contributed by atoms with van der Waals surface area (Å²) in [5, 5.41) is 10.5. The van der Waals surface area contributed by atoms with Crippen molar-refractivity contribution in [3.05, 3.63) is 72.3 Å². The molecule has 0 fully saturated rings. The molecule has 0 aliphatic carbocycles. The largest absolute Gasteiger partial charge is 0.460 e. The maximum absolute atomic E-state index is 5.67. The minimum absolute atomic E-state index is 0.689. The lowest BCUT2D eigenvalue weighted by molar-refractivity contribution is 0.545. The van der Waals surface area contributed by atoms with Crippen LogP contribution in [0.4, 0.5) is 0 Å². The first kappa shape index (κ1) is 15.3. The Morgan fingerprint density at radius 3 is 2.84 bits per heavy atom. The van der Waals surface area contributed by atoms with Crippen molar-refractivity contribution in [2.75, 3.05) is 0 Å². The van der Waals surface area contributed by atoms with E-state index in [0.29, 0.717) is 6.54 Å². The molecule has 7 heteroatoms. The minimum atomic E-state index is 0.689. The van der Waals surface area contributed by atoms with Crippen LogP contribution in [0.25, 0.3) is 17.3 Å². The van der Waals surface area contributed by atoms with Gasteiger partial charge in [0, 0.05) is 37.2 Å². The summed E-state index contributed by atoms with van der Waals surface area (Å²) in [6, 6.07) is 7.93. The summed E-state index contributed by atoms with van der Waals surface area (Å²) in [5.74, 6) is 2.54. The Balaban J connectivity index is 1.38. The molecule has 0 atom stereocenters. The van der Waals surface area contributed by atoms with Crippen LogP contribution in [0.2, 0.25) is 0 Å². The maximum atomic E-state index is 5.67. The number of rotatable bonds is 6. The molecule has 0 radical (unpaired) electrons. The van der Waals surface area contributed by atoms with Gasteiger partial charge < -0.3 is 9.73 Å². The third kappa shape index (κ3) is 3.36. The van der Waals surface area contributed by atoms with E-state index in [1.807, 2.05) is 48.3 Å². The third-order valence-corrected chi connectivity index (χ3v) is 3.93. The molecule has 0 amide bonds. The summed E-state index contributed by atoms with van der Waals surface area (Å²) in [6.07, 6.45) is 9.03. The van der Waals surface area contributed by atoms with Crippen molar-refractivity contribution < 1.29 is 4.42 Å². The molecule has 4 aromatic heterocycles. The molecular weight excluding hydrogens is 316 g/mol. The smallest absolute Gasteiger partial charge is 0.152 e. The van der Waals surface area contributed by atoms with Gasteiger partial charge in [-0.2, -0.15) is 5.10 Å². The van der Waals surface area contributed by atoms with Crippen LogP contribution in [0.15, 0.2) is 59.8 Å². The zero-order chi connectivity index (χ0) is 17.1. The molecular formula is C18H18N6O. The van der Waals surface area contributed by atoms with Gasteiger partial charge in [0.25, 0.3) is 0 Å². The van der Waals surface area contributed by atoms with E-state index in [-0.39, 0.29) is 0 Å². The fourth-order valence-corrected chi connectivity index (χ4v) is 2.64. The number of H-pyrrole nitrogens is 1. The van der Waals surface area contributed by atoms with Crippen LogP contribution < -0.4 is 5.32 Å². The minimum Gasteiger partial charge on any atom is -0.460 e. The summed E-state index contributed by atoms with van der Waals surface area (Å²) >= 11 is 0. The number of furan rings is 1. The first-order valence-corrected chi connectivity index (χ1v) is 8.02. The summed E-state index contributed by atoms with van der Waals surface area (Å²) in [5.41, 5.74) is 3.09. The number of nitrogens with one attached hydrogen (secondary N) is 2. The molecule has 0 aliphatic heterocycles. The van der Waals surface area contributed by atoms with Gasteiger partial charge in [-0.05, 0) is 30.7 Å². The Hall–Kier alpha value is -3.19. The fraction of sp³-hybridized carbons (Fsp3) is 0.167. The fourth-order valence-electron chi connectivity index (χ4n) is 2.64. The van der Waals surface area contributed by atoms with Crippen LogP contribution >= 0.6 is 0 Å². The molecule has 4 aromatic rings. The van der Waals surface area contributed by atoms with Crippen LogP contribution in [-0.2, 0) is 13.1 Å². The van der Waals surface area contributed by atoms with Crippen molar-refractivity contribution >= 4 is 0 Å². The van der Waals surface area contributed by atoms with Gasteiger partial charge in [0.1, 0.15) is 23.6 Å². The SMILES string of the molecule is Cc1ccc(-c2[nH]ncc2CNCc2ccc(-n3ccnc3)nc2)o1. The van der Waals surface area contributed by atoms with Crippen molar-refractivity contribution in [3.63, 3.8) is 0 Å². The van der Waals surface area contributed by atoms with Crippen LogP contribution in [0.5, 0.6) is 0 Å². The van der Waals surface area contributed by atoms with Gasteiger partial charge in [-0.1, -0.05) is 6.07 Å². The number of hydrogen-bond donors (Lipinski definition) is 2. The lowest BCUT2D eigenvalue weighted by atomic mass is 10.2. The third-order valence-electron chi connectivity index (χ3n) is 3.93. The molecule has 0 spiro atoms. The molecule has 4 heterocycles. The number of aromatic nitrogens is 5. The van der Waals surface area contributed by atoms with E-state index < -0.39 is 0 Å². The van der Waals surface area contributed by atoms with Crippen LogP contribution in [-0.4, -0.2) is 24.7 Å². The van der Waals surface area contributed by atoms with E-state index in [1.165, 1.54) is 0 Å². The topological polar surface area (TPSA) is 84.6 Å². The molecule has 0 aromatic carbocycles. The van der Waals surface area contributed by atoms with Gasteiger partial charge in [0.05, 0.1) is 6.20 Å². The number of hydrogen-bond acceptors (Lipinski definition) is 5. The first-order chi connectivity index (χ1) is 12.3. The van der Waals surface area contributed by atoms with Gasteiger partial charge in [-0.3, -0.25) is 9.67 Å². The van der Waals surface area contributed by atoms with Crippen molar-refractivity contribution in [3.8, 4) is 17.3 Å². The Morgan fingerprint density at radius 1 is 1.16 bits per heavy atom. The van der Waals surface area contributed by atoms with Gasteiger partial charge in [-0.25, -0.2) is 9.97 Å². The molecule has 0 unspecified atom stereocenters. The molecule has 4 rings (SSSR count). The second-order valence-corrected chi connectivity index (χ2v) is 5.78. The van der Waals surface area contributed by atoms with E-state index in [9.17, 15) is 0 Å². The van der Waals surface area contributed by atoms with Crippen molar-refractivity contribution in [1.29, 1.82) is 0 Å². The first-order valence-electron chi connectivity index (χ1n) is 8.02. The quantitative estimate of drug-likeness (QED) is 0.566. The van der Waals surface area contributed by atoms with E-state index in [4.69, 9.17) is 4.42 Å². The van der Waals surface area contributed by atoms with Gasteiger partial charge >= 0.3 is 0 Å². The molecule has 126 valence electrons. The highest BCUT2D eigenvalue weighted by molar-refractivity contribution is 5.56. The predicted molar refractivity (Wildman–Crippen MR) is 92.9 cm³/mol. The molecule has 0 saturated carbocycles. The second-order valence-electron chi connectivity index (χ2n) is 5.78. The predicted octanol–water partition coefficient (Wildman–Crippen LogP) is 2.85. The standard InChI is InChI=1S/C18H18N6O/c1-13-2-4-16(25-13)18-15(11-22-23-18)10-20-8-14-3-5-17(21-9-14)24-7-6-19-12-24/h2-7,9,11-12,20H,8,10H2,1H3,(H,22,23). The second kappa shape index (κ2) is 6.74. The number of nitrogens with zero attached hydrogens (tertiary/aromatic N) is 4. The Morgan fingerprint density at radius 2 is 2.12 bits per heavy atom. The Kier molecular flexibility index (Phi) is 4.14. The molecule has 0 saturated heterocycles. The lowest BCUT2D eigenvalue weighted by Gasteiger charge is -2.06. The highest BCUT2D eigenvalue weighted by Crippen LogP contribution is 2.23. The monoisotopic (exact) mass is 334 g/mol. The summed E-state index contributed by atoms with van der Waals surface area (Å²) in [7, 11) is 0. The number of aryl methyl sites for hydroxylation is 1. The highest BCUT2D eigenvalue weighted by atomic mass is 16.3. The van der Waals surface area contributed by atoms with E-state index in [1.54, 1.807) is 12.5 Å². The van der Waals surface area contributed by atoms with Crippen molar-refractivity contribution in [2.24, 2.45) is 0 Å². The summed E-state index contributed by atoms with van der Waals surface area (Å²) in [6.45, 7) is 3.34. The van der Waals surface area contributed by atoms with Crippen LogP contribution in [0.1, 0.15) is 16.9 Å². The van der Waals surface area contributed by atoms with Crippen molar-refractivity contribution in [2.45, 2.75) is 20.0 Å². The van der Waals surface area contributed by atoms with Gasteiger partial charge in [-0.15, -0.1) is 0 Å². The number of imidazole rings is 1. The van der Waals surface area contributed by atoms with E-state index in [2.05, 4.69) is 31.5 Å². The average Bonchev–Trinajstić information content (AvgIpc) is 3.37. The Bertz CT molecular complexity index is 936. The maximum Gasteiger partial charge on any atom is 0.152 e. The van der Waals surface area contributed by atoms with E-state index >= 15 is 0 Å². The molecule has 2 N–H and O–H groups in total. The van der Waals surface area contributed by atoms with E-state index in [0.717, 1.165) is 40.7 Å². The summed E-state index contributed by atoms with van der Waals surface area (Å²) < 4.78 is 7.54. The Labute approximate surface area is 144 Å². The highest BCUT2D eigenvalue weighted by Gasteiger charge is 2.10. The normalized spacial score (nSPS) is 11.1. The molecule has 7 nitrogen and oxygen atoms in total. The van der Waals surface area contributed by atoms with Crippen LogP contribution in [0, 0.1) is 6.92 Å². The number of pyridine rings is 1. The zero-order valence-electron chi connectivity index (χ0n) is 13.8. The zero-order valence-corrected chi connectivity index (χ0v) is 13.8. The van der Waals surface area contributed by atoms with Crippen LogP contribution in [0.3, 0.4) is 0 Å². The molecule has 0 aliphatic rings. The van der Waals surface area contributed by atoms with Gasteiger partial charge in [0.15, 0.2) is 5.76 Å². The lowest BCUT2D eigenvalue weighted by Crippen LogP contribution is -2.13. The summed E-state index contributed by atoms with van der Waals surface area (Å²) in [4.78, 5) is 8.48. The molecule has 0 bridgehead atoms. The molecule has 25 heavy (non-hydrogen) atoms. The van der Waals surface area contributed by atoms with Crippen molar-refractivity contribution in [1.82, 2.24) is 30.0 Å². The van der Waals surface area contributed by atoms with Gasteiger partial charge in [0.2, 0.25) is 0 Å².